The van der Waals surface area contributed by atoms with E-state index in [0.717, 1.165) is 33.7 Å². The maximum absolute atomic E-state index is 5.10. The third kappa shape index (κ3) is 2.72. The highest BCUT2D eigenvalue weighted by Gasteiger charge is 2.16. The maximum Gasteiger partial charge on any atom is 0.145 e. The summed E-state index contributed by atoms with van der Waals surface area (Å²) in [4.78, 5) is 5.10. The summed E-state index contributed by atoms with van der Waals surface area (Å²) >= 11 is 0. The number of fused-ring (bicyclic) bond motifs is 1. The van der Waals surface area contributed by atoms with Crippen molar-refractivity contribution in [2.24, 2.45) is 0 Å². The molecule has 0 bridgehead atoms. The molecule has 0 atom stereocenters. The Bertz CT molecular complexity index is 1190. The summed E-state index contributed by atoms with van der Waals surface area (Å²) in [7, 11) is 0. The van der Waals surface area contributed by atoms with E-state index >= 15 is 0 Å². The molecule has 0 unspecified atom stereocenters. The maximum atomic E-state index is 5.10. The SMILES string of the molecule is c1ccc(-c2cccc3c2nc(-c2ccccc2)n3-c2ccccc2)cc1. The zero-order valence-corrected chi connectivity index (χ0v) is 14.8. The average molecular weight is 346 g/mol. The summed E-state index contributed by atoms with van der Waals surface area (Å²) in [6.45, 7) is 0. The second kappa shape index (κ2) is 6.58. The Kier molecular flexibility index (Phi) is 3.80. The van der Waals surface area contributed by atoms with Gasteiger partial charge < -0.3 is 0 Å². The fourth-order valence-corrected chi connectivity index (χ4v) is 3.57. The van der Waals surface area contributed by atoms with Crippen molar-refractivity contribution < 1.29 is 0 Å². The molecule has 0 N–H and O–H groups in total. The van der Waals surface area contributed by atoms with Gasteiger partial charge in [-0.25, -0.2) is 4.98 Å². The van der Waals surface area contributed by atoms with Crippen molar-refractivity contribution in [3.8, 4) is 28.2 Å². The Balaban J connectivity index is 1.86. The second-order valence-corrected chi connectivity index (χ2v) is 6.51. The first-order valence-corrected chi connectivity index (χ1v) is 9.09. The van der Waals surface area contributed by atoms with Crippen LogP contribution in [0, 0.1) is 0 Å². The van der Waals surface area contributed by atoms with E-state index in [1.165, 1.54) is 5.56 Å². The van der Waals surface area contributed by atoms with Gasteiger partial charge in [-0.15, -0.1) is 0 Å². The summed E-state index contributed by atoms with van der Waals surface area (Å²) in [5, 5.41) is 0. The van der Waals surface area contributed by atoms with Gasteiger partial charge in [-0.1, -0.05) is 91.0 Å². The van der Waals surface area contributed by atoms with Gasteiger partial charge in [0.2, 0.25) is 0 Å². The van der Waals surface area contributed by atoms with Crippen LogP contribution in [0.2, 0.25) is 0 Å². The van der Waals surface area contributed by atoms with Crippen LogP contribution >= 0.6 is 0 Å². The fraction of sp³-hybridized carbons (Fsp3) is 0. The lowest BCUT2D eigenvalue weighted by atomic mass is 10.0. The van der Waals surface area contributed by atoms with Crippen LogP contribution in [0.25, 0.3) is 39.2 Å². The number of rotatable bonds is 3. The quantitative estimate of drug-likeness (QED) is 0.372. The van der Waals surface area contributed by atoms with Crippen molar-refractivity contribution in [2.45, 2.75) is 0 Å². The molecule has 2 heteroatoms. The van der Waals surface area contributed by atoms with E-state index < -0.39 is 0 Å². The third-order valence-corrected chi connectivity index (χ3v) is 4.82. The van der Waals surface area contributed by atoms with Gasteiger partial charge in [-0.05, 0) is 23.8 Å². The topological polar surface area (TPSA) is 17.8 Å². The van der Waals surface area contributed by atoms with Crippen LogP contribution in [0.3, 0.4) is 0 Å². The Labute approximate surface area is 158 Å². The molecular formula is C25H18N2. The molecule has 1 aromatic heterocycles. The van der Waals surface area contributed by atoms with Gasteiger partial charge in [0.05, 0.1) is 11.0 Å². The molecule has 0 saturated carbocycles. The van der Waals surface area contributed by atoms with Crippen LogP contribution in [0.4, 0.5) is 0 Å². The number of para-hydroxylation sites is 2. The Hall–Kier alpha value is -3.65. The van der Waals surface area contributed by atoms with Gasteiger partial charge >= 0.3 is 0 Å². The summed E-state index contributed by atoms with van der Waals surface area (Å²) < 4.78 is 2.25. The molecule has 27 heavy (non-hydrogen) atoms. The summed E-state index contributed by atoms with van der Waals surface area (Å²) in [5.41, 5.74) is 6.69. The molecule has 0 amide bonds. The minimum atomic E-state index is 0.959. The van der Waals surface area contributed by atoms with Crippen molar-refractivity contribution in [1.29, 1.82) is 0 Å². The van der Waals surface area contributed by atoms with Gasteiger partial charge in [0, 0.05) is 16.8 Å². The summed E-state index contributed by atoms with van der Waals surface area (Å²) in [6.07, 6.45) is 0. The van der Waals surface area contributed by atoms with E-state index in [9.17, 15) is 0 Å². The highest BCUT2D eigenvalue weighted by atomic mass is 15.1. The Morgan fingerprint density at radius 2 is 1.11 bits per heavy atom. The minimum Gasteiger partial charge on any atom is -0.292 e. The predicted molar refractivity (Wildman–Crippen MR) is 112 cm³/mol. The van der Waals surface area contributed by atoms with Gasteiger partial charge in [0.1, 0.15) is 5.82 Å². The second-order valence-electron chi connectivity index (χ2n) is 6.51. The standard InChI is InChI=1S/C25H18N2/c1-4-11-19(12-5-1)22-17-10-18-23-24(22)26-25(20-13-6-2-7-14-20)27(23)21-15-8-3-9-16-21/h1-18H. The number of hydrogen-bond acceptors (Lipinski definition) is 1. The van der Waals surface area contributed by atoms with Crippen molar-refractivity contribution in [2.75, 3.05) is 0 Å². The van der Waals surface area contributed by atoms with Crippen LogP contribution in [0.15, 0.2) is 109 Å². The molecule has 0 fully saturated rings. The highest BCUT2D eigenvalue weighted by Crippen LogP contribution is 2.34. The summed E-state index contributed by atoms with van der Waals surface area (Å²) in [5.74, 6) is 0.959. The van der Waals surface area contributed by atoms with Crippen molar-refractivity contribution in [3.63, 3.8) is 0 Å². The lowest BCUT2D eigenvalue weighted by Gasteiger charge is -2.09. The van der Waals surface area contributed by atoms with E-state index in [-0.39, 0.29) is 0 Å². The third-order valence-electron chi connectivity index (χ3n) is 4.82. The number of nitrogens with zero attached hydrogens (tertiary/aromatic N) is 2. The first-order chi connectivity index (χ1) is 13.4. The predicted octanol–water partition coefficient (Wildman–Crippen LogP) is 6.36. The first-order valence-electron chi connectivity index (χ1n) is 9.09. The highest BCUT2D eigenvalue weighted by molar-refractivity contribution is 5.95. The van der Waals surface area contributed by atoms with E-state index in [0.29, 0.717) is 0 Å². The van der Waals surface area contributed by atoms with E-state index in [4.69, 9.17) is 4.98 Å². The van der Waals surface area contributed by atoms with E-state index in [1.54, 1.807) is 0 Å². The molecule has 2 nitrogen and oxygen atoms in total. The van der Waals surface area contributed by atoms with Gasteiger partial charge in [-0.3, -0.25) is 4.57 Å². The smallest absolute Gasteiger partial charge is 0.145 e. The average Bonchev–Trinajstić information content (AvgIpc) is 3.15. The van der Waals surface area contributed by atoms with Crippen molar-refractivity contribution in [3.05, 3.63) is 109 Å². The van der Waals surface area contributed by atoms with E-state index in [1.807, 2.05) is 18.2 Å². The fourth-order valence-electron chi connectivity index (χ4n) is 3.57. The molecule has 1 heterocycles. The largest absolute Gasteiger partial charge is 0.292 e. The normalized spacial score (nSPS) is 11.0. The lowest BCUT2D eigenvalue weighted by Crippen LogP contribution is -1.97. The molecule has 0 spiro atoms. The molecule has 5 aromatic rings. The van der Waals surface area contributed by atoms with Crippen LogP contribution in [-0.4, -0.2) is 9.55 Å². The molecule has 5 rings (SSSR count). The van der Waals surface area contributed by atoms with Gasteiger partial charge in [-0.2, -0.15) is 0 Å². The summed E-state index contributed by atoms with van der Waals surface area (Å²) in [6, 6.07) is 37.7. The number of imidazole rings is 1. The monoisotopic (exact) mass is 346 g/mol. The van der Waals surface area contributed by atoms with Crippen LogP contribution in [0.1, 0.15) is 0 Å². The number of hydrogen-bond donors (Lipinski definition) is 0. The van der Waals surface area contributed by atoms with Gasteiger partial charge in [0.25, 0.3) is 0 Å². The molecule has 0 aliphatic carbocycles. The molecule has 0 radical (unpaired) electrons. The van der Waals surface area contributed by atoms with Gasteiger partial charge in [0.15, 0.2) is 0 Å². The molecule has 0 saturated heterocycles. The molecular weight excluding hydrogens is 328 g/mol. The number of aromatic nitrogens is 2. The van der Waals surface area contributed by atoms with E-state index in [2.05, 4.69) is 95.6 Å². The molecule has 128 valence electrons. The zero-order chi connectivity index (χ0) is 18.1. The van der Waals surface area contributed by atoms with Crippen LogP contribution in [-0.2, 0) is 0 Å². The Morgan fingerprint density at radius 3 is 1.78 bits per heavy atom. The van der Waals surface area contributed by atoms with Crippen molar-refractivity contribution in [1.82, 2.24) is 9.55 Å². The number of benzene rings is 4. The lowest BCUT2D eigenvalue weighted by molar-refractivity contribution is 1.10. The molecule has 0 aliphatic rings. The van der Waals surface area contributed by atoms with Crippen molar-refractivity contribution >= 4 is 11.0 Å². The molecule has 0 aliphatic heterocycles. The molecule has 4 aromatic carbocycles. The first kappa shape index (κ1) is 15.6. The Morgan fingerprint density at radius 1 is 0.519 bits per heavy atom. The van der Waals surface area contributed by atoms with Crippen LogP contribution < -0.4 is 0 Å². The minimum absolute atomic E-state index is 0.959. The van der Waals surface area contributed by atoms with Crippen LogP contribution in [0.5, 0.6) is 0 Å². The zero-order valence-electron chi connectivity index (χ0n) is 14.8.